The zero-order chi connectivity index (χ0) is 31.1. The first-order chi connectivity index (χ1) is 21.4. The van der Waals surface area contributed by atoms with Crippen LogP contribution in [0.3, 0.4) is 0 Å². The van der Waals surface area contributed by atoms with Crippen LogP contribution in [0.5, 0.6) is 17.2 Å². The van der Waals surface area contributed by atoms with Gasteiger partial charge >= 0.3 is 0 Å². The van der Waals surface area contributed by atoms with Gasteiger partial charge < -0.3 is 23.8 Å². The summed E-state index contributed by atoms with van der Waals surface area (Å²) in [5.41, 5.74) is 2.15. The van der Waals surface area contributed by atoms with E-state index < -0.39 is 23.7 Å². The molecule has 232 valence electrons. The van der Waals surface area contributed by atoms with E-state index in [1.54, 1.807) is 39.5 Å². The van der Waals surface area contributed by atoms with Crippen LogP contribution in [0.25, 0.3) is 0 Å². The molecule has 0 bridgehead atoms. The van der Waals surface area contributed by atoms with Crippen molar-refractivity contribution in [3.63, 3.8) is 0 Å². The van der Waals surface area contributed by atoms with Crippen molar-refractivity contribution in [2.45, 2.75) is 12.5 Å². The minimum absolute atomic E-state index is 0.0860. The third-order valence-electron chi connectivity index (χ3n) is 7.89. The molecule has 0 unspecified atom stereocenters. The molecular formula is C33H37FN4O6. The molecule has 0 radical (unpaired) electrons. The maximum atomic E-state index is 14.7. The fourth-order valence-electron chi connectivity index (χ4n) is 5.42. The van der Waals surface area contributed by atoms with E-state index in [9.17, 15) is 14.0 Å². The highest BCUT2D eigenvalue weighted by Crippen LogP contribution is 2.39. The number of halogens is 1. The molecule has 0 aliphatic carbocycles. The number of amides is 2. The first-order valence-corrected chi connectivity index (χ1v) is 14.5. The van der Waals surface area contributed by atoms with Crippen molar-refractivity contribution < 1.29 is 32.9 Å². The lowest BCUT2D eigenvalue weighted by molar-refractivity contribution is -0.133. The summed E-state index contributed by atoms with van der Waals surface area (Å²) in [6.07, 6.45) is 0.399. The summed E-state index contributed by atoms with van der Waals surface area (Å²) >= 11 is 0. The smallest absolute Gasteiger partial charge is 0.262 e. The maximum absolute atomic E-state index is 14.7. The fraction of sp³-hybridized carbons (Fsp3) is 0.364. The second-order valence-corrected chi connectivity index (χ2v) is 10.5. The number of rotatable bonds is 11. The zero-order valence-corrected chi connectivity index (χ0v) is 25.2. The molecule has 11 heteroatoms. The van der Waals surface area contributed by atoms with Crippen molar-refractivity contribution >= 4 is 17.5 Å². The van der Waals surface area contributed by atoms with E-state index >= 15 is 0 Å². The Kier molecular flexibility index (Phi) is 10.1. The molecule has 10 nitrogen and oxygen atoms in total. The minimum Gasteiger partial charge on any atom is -0.497 e. The van der Waals surface area contributed by atoms with E-state index in [-0.39, 0.29) is 18.7 Å². The van der Waals surface area contributed by atoms with Gasteiger partial charge in [-0.15, -0.1) is 0 Å². The summed E-state index contributed by atoms with van der Waals surface area (Å²) in [5.74, 6) is 0.281. The number of morpholine rings is 1. The monoisotopic (exact) mass is 604 g/mol. The normalized spacial score (nSPS) is 16.8. The first kappa shape index (κ1) is 31.0. The summed E-state index contributed by atoms with van der Waals surface area (Å²) in [6, 6.07) is 18.1. The van der Waals surface area contributed by atoms with E-state index in [1.807, 2.05) is 30.3 Å². The van der Waals surface area contributed by atoms with Crippen LogP contribution < -0.4 is 14.2 Å². The molecule has 0 saturated carbocycles. The molecule has 5 rings (SSSR count). The van der Waals surface area contributed by atoms with Crippen LogP contribution in [-0.4, -0.2) is 99.6 Å². The highest BCUT2D eigenvalue weighted by atomic mass is 19.1. The summed E-state index contributed by atoms with van der Waals surface area (Å²) in [6.45, 7) is 3.09. The first-order valence-electron chi connectivity index (χ1n) is 14.5. The molecule has 3 aromatic rings. The van der Waals surface area contributed by atoms with E-state index in [0.29, 0.717) is 54.7 Å². The van der Waals surface area contributed by atoms with Gasteiger partial charge in [0.2, 0.25) is 0 Å². The van der Waals surface area contributed by atoms with Crippen LogP contribution in [-0.2, 0) is 9.53 Å². The van der Waals surface area contributed by atoms with E-state index in [4.69, 9.17) is 24.0 Å². The third-order valence-corrected chi connectivity index (χ3v) is 7.89. The van der Waals surface area contributed by atoms with Crippen molar-refractivity contribution in [2.24, 2.45) is 5.10 Å². The second kappa shape index (κ2) is 14.3. The van der Waals surface area contributed by atoms with Crippen LogP contribution in [0.4, 0.5) is 4.39 Å². The predicted octanol–water partition coefficient (Wildman–Crippen LogP) is 4.00. The quantitative estimate of drug-likeness (QED) is 0.327. The van der Waals surface area contributed by atoms with Gasteiger partial charge in [-0.3, -0.25) is 14.5 Å². The lowest BCUT2D eigenvalue weighted by Crippen LogP contribution is -2.46. The average Bonchev–Trinajstić information content (AvgIpc) is 3.52. The molecular weight excluding hydrogens is 567 g/mol. The number of nitrogens with zero attached hydrogens (tertiary/aromatic N) is 4. The molecule has 2 aliphatic heterocycles. The number of ether oxygens (including phenoxy) is 4. The van der Waals surface area contributed by atoms with Gasteiger partial charge in [0.25, 0.3) is 11.8 Å². The van der Waals surface area contributed by atoms with E-state index in [2.05, 4.69) is 4.90 Å². The van der Waals surface area contributed by atoms with Gasteiger partial charge in [-0.1, -0.05) is 12.1 Å². The topological polar surface area (TPSA) is 93.1 Å². The molecule has 1 atom stereocenters. The van der Waals surface area contributed by atoms with Gasteiger partial charge in [-0.05, 0) is 60.2 Å². The van der Waals surface area contributed by atoms with Crippen molar-refractivity contribution in [1.29, 1.82) is 0 Å². The molecule has 0 aromatic heterocycles. The Morgan fingerprint density at radius 2 is 1.66 bits per heavy atom. The molecule has 3 aromatic carbocycles. The van der Waals surface area contributed by atoms with Gasteiger partial charge in [0.1, 0.15) is 29.6 Å². The standard InChI is InChI=1S/C33H37FN4O6/c1-41-24-10-8-23(9-11-24)29-21-30(27-20-25(42-2)12-13-31(27)43-3)38(35-29)32(39)22-37(15-14-36-16-18-44-19-17-36)33(40)26-6-4-5-7-28(26)34/h4-13,20,30H,14-19,21-22H2,1-3H3/t30-/m1/s1. The number of hydrogen-bond donors (Lipinski definition) is 0. The van der Waals surface area contributed by atoms with E-state index in [0.717, 1.165) is 18.7 Å². The summed E-state index contributed by atoms with van der Waals surface area (Å²) in [5, 5.41) is 6.19. The number of hydrogen-bond acceptors (Lipinski definition) is 8. The van der Waals surface area contributed by atoms with Crippen LogP contribution in [0.2, 0.25) is 0 Å². The Bertz CT molecular complexity index is 1490. The Balaban J connectivity index is 1.47. The Hall–Kier alpha value is -4.48. The number of carbonyl (C=O) groups excluding carboxylic acids is 2. The van der Waals surface area contributed by atoms with Crippen molar-refractivity contribution in [3.8, 4) is 17.2 Å². The number of carbonyl (C=O) groups is 2. The molecule has 2 amide bonds. The van der Waals surface area contributed by atoms with Gasteiger partial charge in [0, 0.05) is 38.2 Å². The maximum Gasteiger partial charge on any atom is 0.262 e. The lowest BCUT2D eigenvalue weighted by atomic mass is 9.97. The highest BCUT2D eigenvalue weighted by Gasteiger charge is 2.36. The Labute approximate surface area is 256 Å². The Morgan fingerprint density at radius 3 is 2.34 bits per heavy atom. The van der Waals surface area contributed by atoms with Gasteiger partial charge in [-0.2, -0.15) is 5.10 Å². The average molecular weight is 605 g/mol. The van der Waals surface area contributed by atoms with E-state index in [1.165, 1.54) is 28.1 Å². The molecule has 2 heterocycles. The molecule has 0 spiro atoms. The van der Waals surface area contributed by atoms with Crippen LogP contribution in [0, 0.1) is 5.82 Å². The summed E-state index contributed by atoms with van der Waals surface area (Å²) in [4.78, 5) is 31.4. The van der Waals surface area contributed by atoms with Gasteiger partial charge in [0.15, 0.2) is 0 Å². The molecule has 1 fully saturated rings. The number of benzene rings is 3. The Morgan fingerprint density at radius 1 is 0.955 bits per heavy atom. The summed E-state index contributed by atoms with van der Waals surface area (Å²) in [7, 11) is 4.74. The van der Waals surface area contributed by atoms with Crippen molar-refractivity contribution in [3.05, 3.63) is 89.2 Å². The SMILES string of the molecule is COc1ccc(C2=NN(C(=O)CN(CCN3CCOCC3)C(=O)c3ccccc3F)[C@@H](c3cc(OC)ccc3OC)C2)cc1. The molecule has 1 saturated heterocycles. The van der Waals surface area contributed by atoms with Crippen LogP contribution >= 0.6 is 0 Å². The largest absolute Gasteiger partial charge is 0.497 e. The highest BCUT2D eigenvalue weighted by molar-refractivity contribution is 6.04. The number of hydrazone groups is 1. The van der Waals surface area contributed by atoms with Gasteiger partial charge in [0.05, 0.1) is 51.9 Å². The molecule has 2 aliphatic rings. The third kappa shape index (κ3) is 7.00. The number of methoxy groups -OCH3 is 3. The summed E-state index contributed by atoms with van der Waals surface area (Å²) < 4.78 is 36.6. The van der Waals surface area contributed by atoms with Crippen molar-refractivity contribution in [1.82, 2.24) is 14.8 Å². The van der Waals surface area contributed by atoms with Gasteiger partial charge in [-0.25, -0.2) is 9.40 Å². The second-order valence-electron chi connectivity index (χ2n) is 10.5. The minimum atomic E-state index is -0.638. The van der Waals surface area contributed by atoms with Crippen molar-refractivity contribution in [2.75, 3.05) is 67.3 Å². The fourth-order valence-corrected chi connectivity index (χ4v) is 5.42. The molecule has 44 heavy (non-hydrogen) atoms. The van der Waals surface area contributed by atoms with Crippen LogP contribution in [0.15, 0.2) is 71.8 Å². The zero-order valence-electron chi connectivity index (χ0n) is 25.2. The van der Waals surface area contributed by atoms with Crippen LogP contribution in [0.1, 0.15) is 33.9 Å². The lowest BCUT2D eigenvalue weighted by Gasteiger charge is -2.31. The predicted molar refractivity (Wildman–Crippen MR) is 163 cm³/mol. The molecule has 0 N–H and O–H groups in total.